The van der Waals surface area contributed by atoms with Crippen molar-refractivity contribution >= 4 is 17.6 Å². The van der Waals surface area contributed by atoms with Crippen molar-refractivity contribution in [2.45, 2.75) is 31.8 Å². The van der Waals surface area contributed by atoms with Gasteiger partial charge in [-0.2, -0.15) is 0 Å². The third-order valence-corrected chi connectivity index (χ3v) is 4.31. The zero-order chi connectivity index (χ0) is 14.3. The minimum Gasteiger partial charge on any atom is -0.480 e. The van der Waals surface area contributed by atoms with Crippen molar-refractivity contribution in [2.24, 2.45) is 5.92 Å². The van der Waals surface area contributed by atoms with Gasteiger partial charge in [0.2, 0.25) is 5.91 Å². The van der Waals surface area contributed by atoms with Crippen molar-refractivity contribution in [3.63, 3.8) is 0 Å². The first-order valence-electron chi connectivity index (χ1n) is 6.95. The largest absolute Gasteiger partial charge is 0.480 e. The van der Waals surface area contributed by atoms with Gasteiger partial charge < -0.3 is 15.3 Å². The summed E-state index contributed by atoms with van der Waals surface area (Å²) in [5.41, 5.74) is 2.09. The van der Waals surface area contributed by atoms with Crippen molar-refractivity contribution < 1.29 is 14.7 Å². The fourth-order valence-electron chi connectivity index (χ4n) is 3.22. The van der Waals surface area contributed by atoms with E-state index >= 15 is 0 Å². The van der Waals surface area contributed by atoms with Crippen molar-refractivity contribution in [1.82, 2.24) is 4.90 Å². The Morgan fingerprint density at radius 2 is 2.10 bits per heavy atom. The van der Waals surface area contributed by atoms with Crippen LogP contribution in [0.3, 0.4) is 0 Å². The maximum Gasteiger partial charge on any atom is 0.326 e. The molecule has 106 valence electrons. The number of amides is 1. The van der Waals surface area contributed by atoms with E-state index in [1.54, 1.807) is 0 Å². The lowest BCUT2D eigenvalue weighted by Crippen LogP contribution is -2.48. The Morgan fingerprint density at radius 1 is 1.35 bits per heavy atom. The first-order chi connectivity index (χ1) is 9.58. The van der Waals surface area contributed by atoms with Gasteiger partial charge >= 0.3 is 5.97 Å². The van der Waals surface area contributed by atoms with Crippen molar-refractivity contribution in [3.05, 3.63) is 29.8 Å². The summed E-state index contributed by atoms with van der Waals surface area (Å²) < 4.78 is 0. The van der Waals surface area contributed by atoms with Crippen LogP contribution in [-0.4, -0.2) is 40.5 Å². The molecule has 1 saturated heterocycles. The minimum absolute atomic E-state index is 0.0141. The van der Waals surface area contributed by atoms with E-state index in [9.17, 15) is 14.7 Å². The van der Waals surface area contributed by atoms with Crippen LogP contribution >= 0.6 is 0 Å². The molecule has 0 spiro atoms. The summed E-state index contributed by atoms with van der Waals surface area (Å²) in [5, 5.41) is 12.5. The van der Waals surface area contributed by atoms with Gasteiger partial charge in [-0.05, 0) is 24.0 Å². The molecule has 0 aromatic heterocycles. The molecule has 1 aromatic rings. The number of nitrogens with one attached hydrogen (secondary N) is 1. The van der Waals surface area contributed by atoms with Crippen LogP contribution in [0.1, 0.15) is 18.9 Å². The average molecular weight is 274 g/mol. The molecule has 2 N–H and O–H groups in total. The minimum atomic E-state index is -0.904. The third kappa shape index (κ3) is 2.03. The normalized spacial score (nSPS) is 28.1. The second-order valence-electron chi connectivity index (χ2n) is 5.64. The molecule has 5 heteroatoms. The molecule has 2 unspecified atom stereocenters. The first kappa shape index (κ1) is 13.0. The number of carboxylic acids is 1. The quantitative estimate of drug-likeness (QED) is 0.854. The van der Waals surface area contributed by atoms with Gasteiger partial charge in [-0.3, -0.25) is 4.79 Å². The summed E-state index contributed by atoms with van der Waals surface area (Å²) in [5.74, 6) is -0.989. The number of hydrogen-bond acceptors (Lipinski definition) is 3. The summed E-state index contributed by atoms with van der Waals surface area (Å²) in [6, 6.07) is 6.80. The number of benzene rings is 1. The van der Waals surface area contributed by atoms with E-state index in [1.807, 2.05) is 31.2 Å². The zero-order valence-electron chi connectivity index (χ0n) is 11.4. The van der Waals surface area contributed by atoms with Crippen molar-refractivity contribution in [3.8, 4) is 0 Å². The molecule has 0 aliphatic carbocycles. The Hall–Kier alpha value is -2.04. The Kier molecular flexibility index (Phi) is 3.12. The van der Waals surface area contributed by atoms with Gasteiger partial charge in [0, 0.05) is 18.7 Å². The Bertz CT molecular complexity index is 533. The van der Waals surface area contributed by atoms with Crippen molar-refractivity contribution in [1.29, 1.82) is 0 Å². The SMILES string of the molecule is CC1CCN(C(=O)[C@@H]2Cc3ccccc3N2)C1C(=O)O. The maximum atomic E-state index is 12.6. The number of hydrogen-bond donors (Lipinski definition) is 2. The molecular formula is C15H18N2O3. The van der Waals surface area contributed by atoms with Gasteiger partial charge in [0.1, 0.15) is 12.1 Å². The summed E-state index contributed by atoms with van der Waals surface area (Å²) >= 11 is 0. The highest BCUT2D eigenvalue weighted by atomic mass is 16.4. The van der Waals surface area contributed by atoms with Crippen LogP contribution in [0.5, 0.6) is 0 Å². The number of aliphatic carboxylic acids is 1. The van der Waals surface area contributed by atoms with E-state index in [2.05, 4.69) is 5.32 Å². The summed E-state index contributed by atoms with van der Waals surface area (Å²) in [4.78, 5) is 25.4. The number of anilines is 1. The van der Waals surface area contributed by atoms with Gasteiger partial charge in [-0.1, -0.05) is 25.1 Å². The Morgan fingerprint density at radius 3 is 2.80 bits per heavy atom. The molecule has 2 aliphatic rings. The molecule has 0 radical (unpaired) electrons. The molecule has 0 bridgehead atoms. The van der Waals surface area contributed by atoms with E-state index in [0.717, 1.165) is 17.7 Å². The van der Waals surface area contributed by atoms with Crippen LogP contribution in [0, 0.1) is 5.92 Å². The lowest BCUT2D eigenvalue weighted by atomic mass is 10.0. The summed E-state index contributed by atoms with van der Waals surface area (Å²) in [6.07, 6.45) is 1.38. The molecule has 5 nitrogen and oxygen atoms in total. The maximum absolute atomic E-state index is 12.6. The van der Waals surface area contributed by atoms with Gasteiger partial charge in [0.15, 0.2) is 0 Å². The third-order valence-electron chi connectivity index (χ3n) is 4.31. The predicted octanol–water partition coefficient (Wildman–Crippen LogP) is 1.34. The van der Waals surface area contributed by atoms with Crippen LogP contribution in [0.2, 0.25) is 0 Å². The van der Waals surface area contributed by atoms with E-state index in [0.29, 0.717) is 13.0 Å². The smallest absolute Gasteiger partial charge is 0.326 e. The fourth-order valence-corrected chi connectivity index (χ4v) is 3.22. The standard InChI is InChI=1S/C15H18N2O3/c1-9-6-7-17(13(9)15(19)20)14(18)12-8-10-4-2-3-5-11(10)16-12/h2-5,9,12-13,16H,6-8H2,1H3,(H,19,20)/t9?,12-,13?/m0/s1. The highest BCUT2D eigenvalue weighted by molar-refractivity contribution is 5.91. The number of nitrogens with zero attached hydrogens (tertiary/aromatic N) is 1. The number of rotatable bonds is 2. The lowest BCUT2D eigenvalue weighted by molar-refractivity contribution is -0.149. The lowest BCUT2D eigenvalue weighted by Gasteiger charge is -2.26. The Balaban J connectivity index is 1.76. The highest BCUT2D eigenvalue weighted by Gasteiger charge is 2.42. The second-order valence-corrected chi connectivity index (χ2v) is 5.64. The van der Waals surface area contributed by atoms with Gasteiger partial charge in [-0.15, -0.1) is 0 Å². The van der Waals surface area contributed by atoms with Crippen LogP contribution in [0.25, 0.3) is 0 Å². The fraction of sp³-hybridized carbons (Fsp3) is 0.467. The molecular weight excluding hydrogens is 256 g/mol. The van der Waals surface area contributed by atoms with Crippen LogP contribution in [-0.2, 0) is 16.0 Å². The van der Waals surface area contributed by atoms with Gasteiger partial charge in [0.25, 0.3) is 0 Å². The predicted molar refractivity (Wildman–Crippen MR) is 74.5 cm³/mol. The molecule has 3 rings (SSSR count). The number of carboxylic acid groups (broad SMARTS) is 1. The second kappa shape index (κ2) is 4.81. The highest BCUT2D eigenvalue weighted by Crippen LogP contribution is 2.30. The molecule has 1 fully saturated rings. The average Bonchev–Trinajstić information content (AvgIpc) is 3.00. The van der Waals surface area contributed by atoms with Crippen LogP contribution in [0.15, 0.2) is 24.3 Å². The topological polar surface area (TPSA) is 69.6 Å². The number of para-hydroxylation sites is 1. The van der Waals surface area contributed by atoms with Crippen molar-refractivity contribution in [2.75, 3.05) is 11.9 Å². The number of carbonyl (C=O) groups excluding carboxylic acids is 1. The number of fused-ring (bicyclic) bond motifs is 1. The van der Waals surface area contributed by atoms with E-state index in [1.165, 1.54) is 4.90 Å². The van der Waals surface area contributed by atoms with Gasteiger partial charge in [0.05, 0.1) is 0 Å². The van der Waals surface area contributed by atoms with E-state index < -0.39 is 12.0 Å². The van der Waals surface area contributed by atoms with Gasteiger partial charge in [-0.25, -0.2) is 4.79 Å². The molecule has 1 amide bonds. The Labute approximate surface area is 117 Å². The molecule has 3 atom stereocenters. The van der Waals surface area contributed by atoms with E-state index in [4.69, 9.17) is 0 Å². The monoisotopic (exact) mass is 274 g/mol. The first-order valence-corrected chi connectivity index (χ1v) is 6.95. The molecule has 2 heterocycles. The molecule has 0 saturated carbocycles. The molecule has 2 aliphatic heterocycles. The zero-order valence-corrected chi connectivity index (χ0v) is 11.4. The number of likely N-dealkylation sites (tertiary alicyclic amines) is 1. The van der Waals surface area contributed by atoms with Crippen LogP contribution < -0.4 is 5.32 Å². The molecule has 1 aromatic carbocycles. The number of carbonyl (C=O) groups is 2. The summed E-state index contributed by atoms with van der Waals surface area (Å²) in [7, 11) is 0. The van der Waals surface area contributed by atoms with Crippen LogP contribution in [0.4, 0.5) is 5.69 Å². The molecule has 20 heavy (non-hydrogen) atoms. The van der Waals surface area contributed by atoms with E-state index in [-0.39, 0.29) is 17.9 Å². The summed E-state index contributed by atoms with van der Waals surface area (Å²) in [6.45, 7) is 2.42.